The highest BCUT2D eigenvalue weighted by Crippen LogP contribution is 2.32. The monoisotopic (exact) mass is 438 g/mol. The zero-order chi connectivity index (χ0) is 22.8. The van der Waals surface area contributed by atoms with Crippen LogP contribution in [0.5, 0.6) is 11.5 Å². The molecular weight excluding hydrogens is 418 g/mol. The van der Waals surface area contributed by atoms with Gasteiger partial charge in [0.2, 0.25) is 0 Å². The van der Waals surface area contributed by atoms with Gasteiger partial charge in [-0.05, 0) is 42.3 Å². The average Bonchev–Trinajstić information content (AvgIpc) is 3.12. The number of nitrogens with zero attached hydrogens (tertiary/aromatic N) is 2. The Kier molecular flexibility index (Phi) is 5.72. The summed E-state index contributed by atoms with van der Waals surface area (Å²) in [6.45, 7) is 4.70. The molecule has 2 N–H and O–H groups in total. The summed E-state index contributed by atoms with van der Waals surface area (Å²) in [4.78, 5) is 27.6. The van der Waals surface area contributed by atoms with Crippen LogP contribution in [0.15, 0.2) is 59.7 Å². The number of fused-ring (bicyclic) bond motifs is 1. The van der Waals surface area contributed by atoms with Gasteiger partial charge < -0.3 is 15.0 Å². The van der Waals surface area contributed by atoms with E-state index in [-0.39, 0.29) is 22.7 Å². The highest BCUT2D eigenvalue weighted by atomic mass is 19.1. The summed E-state index contributed by atoms with van der Waals surface area (Å²) < 4.78 is 34.9. The van der Waals surface area contributed by atoms with Gasteiger partial charge in [-0.2, -0.15) is 5.10 Å². The second-order valence-electron chi connectivity index (χ2n) is 7.67. The zero-order valence-electron chi connectivity index (χ0n) is 17.4. The number of nitrogens with one attached hydrogen (secondary N) is 2. The number of H-pyrrole nitrogens is 1. The van der Waals surface area contributed by atoms with Crippen LogP contribution >= 0.6 is 0 Å². The summed E-state index contributed by atoms with van der Waals surface area (Å²) in [5.41, 5.74) is 0.318. The second kappa shape index (κ2) is 8.62. The Morgan fingerprint density at radius 3 is 2.72 bits per heavy atom. The molecule has 0 fully saturated rings. The van der Waals surface area contributed by atoms with Crippen LogP contribution in [0.25, 0.3) is 10.9 Å². The van der Waals surface area contributed by atoms with Crippen molar-refractivity contribution in [3.8, 4) is 11.5 Å². The number of ether oxygens (including phenoxy) is 1. The first-order valence-corrected chi connectivity index (χ1v) is 9.93. The zero-order valence-corrected chi connectivity index (χ0v) is 17.4. The van der Waals surface area contributed by atoms with Crippen LogP contribution in [0, 0.1) is 17.6 Å². The number of anilines is 1. The predicted octanol–water partition coefficient (Wildman–Crippen LogP) is 4.70. The molecule has 0 saturated carbocycles. The van der Waals surface area contributed by atoms with Gasteiger partial charge in [0.05, 0.1) is 17.3 Å². The van der Waals surface area contributed by atoms with E-state index in [0.29, 0.717) is 29.4 Å². The summed E-state index contributed by atoms with van der Waals surface area (Å²) in [6, 6.07) is 9.06. The molecule has 0 aliphatic heterocycles. The third-order valence-electron chi connectivity index (χ3n) is 4.71. The van der Waals surface area contributed by atoms with E-state index in [1.54, 1.807) is 29.1 Å². The fraction of sp³-hybridized carbons (Fsp3) is 0.174. The van der Waals surface area contributed by atoms with Gasteiger partial charge in [0.1, 0.15) is 17.3 Å². The molecule has 4 rings (SSSR count). The van der Waals surface area contributed by atoms with Crippen molar-refractivity contribution in [1.29, 1.82) is 0 Å². The standard InChI is InChI=1S/C23H20F2N4O3/c1-13(2)12-29-19-10-16(22(30)28-18-4-3-7-26-23(18)31)21(8-14(19)11-27-29)32-20-6-5-15(24)9-17(20)25/h3-11,13H,12H2,1-2H3,(H,26,31)(H,28,30). The van der Waals surface area contributed by atoms with E-state index >= 15 is 0 Å². The number of aromatic nitrogens is 3. The quantitative estimate of drug-likeness (QED) is 0.457. The van der Waals surface area contributed by atoms with E-state index in [9.17, 15) is 18.4 Å². The number of amides is 1. The van der Waals surface area contributed by atoms with Crippen LogP contribution in [-0.4, -0.2) is 20.7 Å². The first kappa shape index (κ1) is 21.2. The molecule has 0 unspecified atom stereocenters. The molecule has 0 spiro atoms. The van der Waals surface area contributed by atoms with E-state index in [4.69, 9.17) is 4.74 Å². The summed E-state index contributed by atoms with van der Waals surface area (Å²) in [5, 5.41) is 7.59. The minimum atomic E-state index is -0.911. The maximum Gasteiger partial charge on any atom is 0.271 e. The molecule has 9 heteroatoms. The van der Waals surface area contributed by atoms with E-state index in [1.165, 1.54) is 12.3 Å². The maximum atomic E-state index is 14.2. The van der Waals surface area contributed by atoms with E-state index in [2.05, 4.69) is 15.4 Å². The second-order valence-corrected chi connectivity index (χ2v) is 7.67. The number of hydrogen-bond acceptors (Lipinski definition) is 4. The van der Waals surface area contributed by atoms with Crippen LogP contribution < -0.4 is 15.6 Å². The summed E-state index contributed by atoms with van der Waals surface area (Å²) in [5.74, 6) is -2.18. The molecule has 2 aromatic heterocycles. The molecule has 1 amide bonds. The van der Waals surface area contributed by atoms with Gasteiger partial charge in [0, 0.05) is 24.2 Å². The van der Waals surface area contributed by atoms with E-state index in [1.807, 2.05) is 13.8 Å². The largest absolute Gasteiger partial charge is 0.453 e. The van der Waals surface area contributed by atoms with Gasteiger partial charge in [0.25, 0.3) is 11.5 Å². The molecular formula is C23H20F2N4O3. The lowest BCUT2D eigenvalue weighted by Gasteiger charge is -2.14. The van der Waals surface area contributed by atoms with E-state index < -0.39 is 23.1 Å². The topological polar surface area (TPSA) is 89.0 Å². The molecule has 0 aliphatic rings. The fourth-order valence-electron chi connectivity index (χ4n) is 3.24. The van der Waals surface area contributed by atoms with Crippen LogP contribution in [0.4, 0.5) is 14.5 Å². The van der Waals surface area contributed by atoms with Gasteiger partial charge in [0.15, 0.2) is 11.6 Å². The molecule has 0 atom stereocenters. The summed E-state index contributed by atoms with van der Waals surface area (Å²) >= 11 is 0. The first-order chi connectivity index (χ1) is 15.3. The van der Waals surface area contributed by atoms with Crippen molar-refractivity contribution in [2.24, 2.45) is 5.92 Å². The molecule has 0 saturated heterocycles. The smallest absolute Gasteiger partial charge is 0.271 e. The number of carbonyl (C=O) groups excluding carboxylic acids is 1. The highest BCUT2D eigenvalue weighted by molar-refractivity contribution is 6.08. The van der Waals surface area contributed by atoms with Crippen molar-refractivity contribution >= 4 is 22.5 Å². The summed E-state index contributed by atoms with van der Waals surface area (Å²) in [6.07, 6.45) is 3.07. The predicted molar refractivity (Wildman–Crippen MR) is 116 cm³/mol. The maximum absolute atomic E-state index is 14.2. The van der Waals surface area contributed by atoms with Gasteiger partial charge in [-0.3, -0.25) is 14.3 Å². The number of pyridine rings is 1. The van der Waals surface area contributed by atoms with Crippen LogP contribution in [-0.2, 0) is 6.54 Å². The molecule has 0 aliphatic carbocycles. The molecule has 2 aromatic carbocycles. The lowest BCUT2D eigenvalue weighted by Crippen LogP contribution is -2.20. The molecule has 32 heavy (non-hydrogen) atoms. The molecule has 164 valence electrons. The van der Waals surface area contributed by atoms with Gasteiger partial charge >= 0.3 is 0 Å². The van der Waals surface area contributed by atoms with Gasteiger partial charge in [-0.25, -0.2) is 8.78 Å². The third-order valence-corrected chi connectivity index (χ3v) is 4.71. The van der Waals surface area contributed by atoms with Crippen molar-refractivity contribution in [3.63, 3.8) is 0 Å². The Bertz CT molecular complexity index is 1360. The Morgan fingerprint density at radius 2 is 2.00 bits per heavy atom. The first-order valence-electron chi connectivity index (χ1n) is 9.93. The van der Waals surface area contributed by atoms with Crippen molar-refractivity contribution in [1.82, 2.24) is 14.8 Å². The Balaban J connectivity index is 1.80. The van der Waals surface area contributed by atoms with Crippen molar-refractivity contribution in [2.45, 2.75) is 20.4 Å². The Hall–Kier alpha value is -4.01. The van der Waals surface area contributed by atoms with Gasteiger partial charge in [-0.1, -0.05) is 13.8 Å². The fourth-order valence-corrected chi connectivity index (χ4v) is 3.24. The SMILES string of the molecule is CC(C)Cn1ncc2cc(Oc3ccc(F)cc3F)c(C(=O)Nc3ccc[nH]c3=O)cc21. The molecule has 0 bridgehead atoms. The average molecular weight is 438 g/mol. The minimum absolute atomic E-state index is 0.0389. The summed E-state index contributed by atoms with van der Waals surface area (Å²) in [7, 11) is 0. The van der Waals surface area contributed by atoms with Crippen LogP contribution in [0.2, 0.25) is 0 Å². The lowest BCUT2D eigenvalue weighted by molar-refractivity contribution is 0.102. The number of carbonyl (C=O) groups is 1. The normalized spacial score (nSPS) is 11.2. The molecule has 2 heterocycles. The van der Waals surface area contributed by atoms with Crippen molar-refractivity contribution < 1.29 is 18.3 Å². The molecule has 0 radical (unpaired) electrons. The number of aromatic amines is 1. The Labute approximate surface area is 181 Å². The molecule has 4 aromatic rings. The number of rotatable bonds is 6. The van der Waals surface area contributed by atoms with Crippen LogP contribution in [0.1, 0.15) is 24.2 Å². The number of halogens is 2. The molecule has 7 nitrogen and oxygen atoms in total. The van der Waals surface area contributed by atoms with E-state index in [0.717, 1.165) is 12.1 Å². The highest BCUT2D eigenvalue weighted by Gasteiger charge is 2.20. The number of hydrogen-bond donors (Lipinski definition) is 2. The minimum Gasteiger partial charge on any atom is -0.453 e. The van der Waals surface area contributed by atoms with Gasteiger partial charge in [-0.15, -0.1) is 0 Å². The van der Waals surface area contributed by atoms with Crippen LogP contribution in [0.3, 0.4) is 0 Å². The third kappa shape index (κ3) is 4.36. The van der Waals surface area contributed by atoms with Crippen molar-refractivity contribution in [2.75, 3.05) is 5.32 Å². The van der Waals surface area contributed by atoms with Crippen molar-refractivity contribution in [3.05, 3.63) is 82.4 Å². The number of benzene rings is 2. The lowest BCUT2D eigenvalue weighted by atomic mass is 10.1. The Morgan fingerprint density at radius 1 is 1.19 bits per heavy atom.